The lowest BCUT2D eigenvalue weighted by Gasteiger charge is -2.01. The normalized spacial score (nSPS) is 11.9. The van der Waals surface area contributed by atoms with E-state index in [9.17, 15) is 0 Å². The van der Waals surface area contributed by atoms with Gasteiger partial charge in [0.15, 0.2) is 0 Å². The first-order chi connectivity index (χ1) is 7.86. The van der Waals surface area contributed by atoms with E-state index < -0.39 is 0 Å². The van der Waals surface area contributed by atoms with Gasteiger partial charge in [0.1, 0.15) is 0 Å². The molecule has 1 aliphatic rings. The fourth-order valence-electron chi connectivity index (χ4n) is 1.43. The van der Waals surface area contributed by atoms with Crippen LogP contribution in [0.1, 0.15) is 45.2 Å². The van der Waals surface area contributed by atoms with Gasteiger partial charge in [-0.1, -0.05) is 75.8 Å². The monoisotopic (exact) mass is 216 g/mol. The molecule has 0 atom stereocenters. The zero-order valence-corrected chi connectivity index (χ0v) is 11.2. The van der Waals surface area contributed by atoms with Crippen LogP contribution >= 0.6 is 0 Å². The van der Waals surface area contributed by atoms with Crippen LogP contribution in [-0.4, -0.2) is 0 Å². The first-order valence-corrected chi connectivity index (χ1v) is 6.29. The molecule has 0 heterocycles. The molecule has 1 aromatic carbocycles. The van der Waals surface area contributed by atoms with E-state index in [0.717, 1.165) is 6.42 Å². The number of allylic oxidation sites excluding steroid dienone is 4. The van der Waals surface area contributed by atoms with Gasteiger partial charge in [0.05, 0.1) is 0 Å². The maximum atomic E-state index is 2.19. The van der Waals surface area contributed by atoms with E-state index >= 15 is 0 Å². The van der Waals surface area contributed by atoms with Crippen molar-refractivity contribution in [2.45, 2.75) is 41.0 Å². The second kappa shape index (κ2) is 8.96. The SMILES string of the molecule is CC.CC.Cc1ccc(C2=CC=CC2)cc1. The minimum Gasteiger partial charge on any atom is -0.0801 e. The Hall–Kier alpha value is -1.30. The molecule has 16 heavy (non-hydrogen) atoms. The molecule has 0 radical (unpaired) electrons. The Balaban J connectivity index is 0.000000509. The van der Waals surface area contributed by atoms with Crippen LogP contribution in [-0.2, 0) is 0 Å². The quantitative estimate of drug-likeness (QED) is 0.590. The van der Waals surface area contributed by atoms with Gasteiger partial charge in [0.25, 0.3) is 0 Å². The number of rotatable bonds is 1. The summed E-state index contributed by atoms with van der Waals surface area (Å²) in [5.74, 6) is 0. The summed E-state index contributed by atoms with van der Waals surface area (Å²) < 4.78 is 0. The third kappa shape index (κ3) is 4.48. The summed E-state index contributed by atoms with van der Waals surface area (Å²) in [4.78, 5) is 0. The number of aryl methyl sites for hydroxylation is 1. The highest BCUT2D eigenvalue weighted by atomic mass is 14.1. The molecule has 0 aliphatic heterocycles. The highest BCUT2D eigenvalue weighted by Gasteiger charge is 2.01. The maximum Gasteiger partial charge on any atom is -0.00884 e. The van der Waals surface area contributed by atoms with Crippen LogP contribution < -0.4 is 0 Å². The van der Waals surface area contributed by atoms with Crippen molar-refractivity contribution in [3.05, 3.63) is 53.6 Å². The highest BCUT2D eigenvalue weighted by molar-refractivity contribution is 5.70. The molecule has 0 heteroatoms. The van der Waals surface area contributed by atoms with Crippen molar-refractivity contribution in [2.24, 2.45) is 0 Å². The van der Waals surface area contributed by atoms with Crippen LogP contribution in [0, 0.1) is 6.92 Å². The van der Waals surface area contributed by atoms with Gasteiger partial charge in [-0.3, -0.25) is 0 Å². The summed E-state index contributed by atoms with van der Waals surface area (Å²) in [6.45, 7) is 10.1. The molecule has 88 valence electrons. The summed E-state index contributed by atoms with van der Waals surface area (Å²) in [5.41, 5.74) is 4.10. The molecular formula is C16H24. The molecule has 0 saturated heterocycles. The van der Waals surface area contributed by atoms with Crippen LogP contribution in [0.5, 0.6) is 0 Å². The van der Waals surface area contributed by atoms with E-state index in [4.69, 9.17) is 0 Å². The van der Waals surface area contributed by atoms with E-state index in [2.05, 4.69) is 49.4 Å². The molecule has 0 N–H and O–H groups in total. The predicted molar refractivity (Wildman–Crippen MR) is 75.6 cm³/mol. The Labute approximate surface area is 101 Å². The average Bonchev–Trinajstić information content (AvgIpc) is 2.89. The third-order valence-electron chi connectivity index (χ3n) is 2.19. The molecule has 0 aromatic heterocycles. The van der Waals surface area contributed by atoms with Crippen LogP contribution in [0.15, 0.2) is 42.5 Å². The van der Waals surface area contributed by atoms with E-state index in [1.54, 1.807) is 0 Å². The van der Waals surface area contributed by atoms with Gasteiger partial charge in [-0.05, 0) is 24.5 Å². The highest BCUT2D eigenvalue weighted by Crippen LogP contribution is 2.22. The molecule has 1 aliphatic carbocycles. The molecular weight excluding hydrogens is 192 g/mol. The molecule has 0 bridgehead atoms. The van der Waals surface area contributed by atoms with Gasteiger partial charge < -0.3 is 0 Å². The predicted octanol–water partition coefficient (Wildman–Crippen LogP) is 5.39. The van der Waals surface area contributed by atoms with Crippen LogP contribution in [0.4, 0.5) is 0 Å². The lowest BCUT2D eigenvalue weighted by molar-refractivity contribution is 1.40. The Kier molecular flexibility index (Phi) is 8.24. The third-order valence-corrected chi connectivity index (χ3v) is 2.19. The Bertz CT molecular complexity index is 326. The zero-order valence-electron chi connectivity index (χ0n) is 11.2. The fourth-order valence-corrected chi connectivity index (χ4v) is 1.43. The summed E-state index contributed by atoms with van der Waals surface area (Å²) in [5, 5.41) is 0. The summed E-state index contributed by atoms with van der Waals surface area (Å²) in [6.07, 6.45) is 7.58. The second-order valence-electron chi connectivity index (χ2n) is 3.19. The van der Waals surface area contributed by atoms with Gasteiger partial charge in [0, 0.05) is 0 Å². The van der Waals surface area contributed by atoms with Crippen molar-refractivity contribution in [2.75, 3.05) is 0 Å². The van der Waals surface area contributed by atoms with Crippen molar-refractivity contribution in [3.63, 3.8) is 0 Å². The van der Waals surface area contributed by atoms with E-state index in [0.29, 0.717) is 0 Å². The number of benzene rings is 1. The maximum absolute atomic E-state index is 2.19. The van der Waals surface area contributed by atoms with Gasteiger partial charge in [-0.2, -0.15) is 0 Å². The second-order valence-corrected chi connectivity index (χ2v) is 3.19. The standard InChI is InChI=1S/C12H12.2C2H6/c1-10-6-8-12(9-7-10)11-4-2-3-5-11;2*1-2/h2-4,6-9H,5H2,1H3;2*1-2H3. The molecule has 1 aromatic rings. The van der Waals surface area contributed by atoms with Crippen molar-refractivity contribution in [1.29, 1.82) is 0 Å². The average molecular weight is 216 g/mol. The topological polar surface area (TPSA) is 0 Å². The zero-order chi connectivity index (χ0) is 12.4. The molecule has 0 spiro atoms. The van der Waals surface area contributed by atoms with Crippen molar-refractivity contribution >= 4 is 5.57 Å². The summed E-state index contributed by atoms with van der Waals surface area (Å²) in [7, 11) is 0. The lowest BCUT2D eigenvalue weighted by Crippen LogP contribution is -1.80. The van der Waals surface area contributed by atoms with Crippen LogP contribution in [0.2, 0.25) is 0 Å². The largest absolute Gasteiger partial charge is 0.0801 e. The van der Waals surface area contributed by atoms with Crippen LogP contribution in [0.3, 0.4) is 0 Å². The minimum absolute atomic E-state index is 1.09. The summed E-state index contributed by atoms with van der Waals surface area (Å²) >= 11 is 0. The smallest absolute Gasteiger partial charge is 0.00884 e. The first kappa shape index (κ1) is 14.7. The van der Waals surface area contributed by atoms with Gasteiger partial charge >= 0.3 is 0 Å². The Morgan fingerprint density at radius 2 is 1.44 bits per heavy atom. The fraction of sp³-hybridized carbons (Fsp3) is 0.375. The minimum atomic E-state index is 1.09. The van der Waals surface area contributed by atoms with E-state index in [1.807, 2.05) is 27.7 Å². The van der Waals surface area contributed by atoms with Gasteiger partial charge in [-0.25, -0.2) is 0 Å². The molecule has 0 nitrogen and oxygen atoms in total. The molecule has 2 rings (SSSR count). The number of hydrogen-bond acceptors (Lipinski definition) is 0. The number of hydrogen-bond donors (Lipinski definition) is 0. The summed E-state index contributed by atoms with van der Waals surface area (Å²) in [6, 6.07) is 8.70. The van der Waals surface area contributed by atoms with Gasteiger partial charge in [-0.15, -0.1) is 0 Å². The van der Waals surface area contributed by atoms with Crippen molar-refractivity contribution in [3.8, 4) is 0 Å². The van der Waals surface area contributed by atoms with E-state index in [1.165, 1.54) is 16.7 Å². The molecule has 0 unspecified atom stereocenters. The first-order valence-electron chi connectivity index (χ1n) is 6.29. The Morgan fingerprint density at radius 3 is 1.88 bits per heavy atom. The molecule has 0 amide bonds. The lowest BCUT2D eigenvalue weighted by atomic mass is 10.0. The van der Waals surface area contributed by atoms with Crippen molar-refractivity contribution in [1.82, 2.24) is 0 Å². The molecule has 0 saturated carbocycles. The van der Waals surface area contributed by atoms with Crippen LogP contribution in [0.25, 0.3) is 5.57 Å². The van der Waals surface area contributed by atoms with Gasteiger partial charge in [0.2, 0.25) is 0 Å². The van der Waals surface area contributed by atoms with Crippen molar-refractivity contribution < 1.29 is 0 Å². The Morgan fingerprint density at radius 1 is 0.875 bits per heavy atom. The van der Waals surface area contributed by atoms with E-state index in [-0.39, 0.29) is 0 Å². The molecule has 0 fully saturated rings.